The average molecular weight is 220 g/mol. The Morgan fingerprint density at radius 3 is 2.56 bits per heavy atom. The molecule has 0 radical (unpaired) electrons. The molecule has 1 rings (SSSR count). The molecule has 0 aliphatic carbocycles. The molecule has 0 saturated heterocycles. The number of nitrogens with two attached hydrogens (primary N) is 1. The van der Waals surface area contributed by atoms with Crippen LogP contribution in [0.25, 0.3) is 0 Å². The first-order chi connectivity index (χ1) is 7.49. The predicted molar refractivity (Wildman–Crippen MR) is 62.2 cm³/mol. The zero-order chi connectivity index (χ0) is 12.1. The number of nitrogens with zero attached hydrogens (tertiary/aromatic N) is 1. The van der Waals surface area contributed by atoms with Crippen LogP contribution >= 0.6 is 0 Å². The van der Waals surface area contributed by atoms with Crippen LogP contribution in [-0.2, 0) is 4.79 Å². The van der Waals surface area contributed by atoms with Gasteiger partial charge in [-0.25, -0.2) is 0 Å². The molecule has 4 heteroatoms. The molecule has 0 atom stereocenters. The first-order valence-corrected chi connectivity index (χ1v) is 5.06. The third-order valence-corrected chi connectivity index (χ3v) is 2.18. The molecule has 4 nitrogen and oxygen atoms in total. The minimum Gasteiger partial charge on any atom is -0.369 e. The molecule has 0 heterocycles. The van der Waals surface area contributed by atoms with Gasteiger partial charge in [0.25, 0.3) is 0 Å². The van der Waals surface area contributed by atoms with Gasteiger partial charge < -0.3 is 5.73 Å². The Balaban J connectivity index is 2.62. The molecule has 0 bridgehead atoms. The van der Waals surface area contributed by atoms with Gasteiger partial charge in [-0.3, -0.25) is 14.5 Å². The molecular formula is C12H16N2O2. The smallest absolute Gasteiger partial charge is 0.231 e. The summed E-state index contributed by atoms with van der Waals surface area (Å²) >= 11 is 0. The zero-order valence-corrected chi connectivity index (χ0v) is 9.56. The molecule has 0 saturated carbocycles. The second-order valence-corrected chi connectivity index (χ2v) is 3.93. The van der Waals surface area contributed by atoms with E-state index in [0.717, 1.165) is 5.56 Å². The fourth-order valence-electron chi connectivity index (χ4n) is 1.48. The molecule has 0 fully saturated rings. The predicted octanol–water partition coefficient (Wildman–Crippen LogP) is 0.595. The van der Waals surface area contributed by atoms with Crippen molar-refractivity contribution in [2.75, 3.05) is 20.1 Å². The molecule has 86 valence electrons. The lowest BCUT2D eigenvalue weighted by molar-refractivity contribution is -0.118. The van der Waals surface area contributed by atoms with Gasteiger partial charge in [0.05, 0.1) is 13.1 Å². The Labute approximate surface area is 95.0 Å². The van der Waals surface area contributed by atoms with Crippen LogP contribution in [0, 0.1) is 6.92 Å². The molecular weight excluding hydrogens is 204 g/mol. The van der Waals surface area contributed by atoms with Crippen molar-refractivity contribution in [3.63, 3.8) is 0 Å². The minimum atomic E-state index is -0.431. The molecule has 1 aromatic carbocycles. The minimum absolute atomic E-state index is 0.00699. The van der Waals surface area contributed by atoms with E-state index in [1.165, 1.54) is 0 Å². The van der Waals surface area contributed by atoms with Crippen LogP contribution in [0.15, 0.2) is 24.3 Å². The number of hydrogen-bond acceptors (Lipinski definition) is 3. The lowest BCUT2D eigenvalue weighted by atomic mass is 10.1. The summed E-state index contributed by atoms with van der Waals surface area (Å²) in [5, 5.41) is 0. The monoisotopic (exact) mass is 220 g/mol. The second-order valence-electron chi connectivity index (χ2n) is 3.93. The van der Waals surface area contributed by atoms with Crippen LogP contribution in [0.3, 0.4) is 0 Å². The molecule has 0 aliphatic rings. The van der Waals surface area contributed by atoms with E-state index in [0.29, 0.717) is 5.56 Å². The quantitative estimate of drug-likeness (QED) is 0.739. The van der Waals surface area contributed by atoms with Gasteiger partial charge in [0.2, 0.25) is 5.91 Å². The van der Waals surface area contributed by atoms with Crippen molar-refractivity contribution in [1.29, 1.82) is 0 Å². The molecule has 1 aromatic rings. The van der Waals surface area contributed by atoms with E-state index < -0.39 is 5.91 Å². The summed E-state index contributed by atoms with van der Waals surface area (Å²) in [6.45, 7) is 2.23. The first kappa shape index (κ1) is 12.4. The maximum Gasteiger partial charge on any atom is 0.231 e. The molecule has 0 unspecified atom stereocenters. The normalized spacial score (nSPS) is 10.4. The highest BCUT2D eigenvalue weighted by Gasteiger charge is 2.10. The number of benzene rings is 1. The van der Waals surface area contributed by atoms with E-state index in [1.54, 1.807) is 18.0 Å². The van der Waals surface area contributed by atoms with Gasteiger partial charge in [-0.2, -0.15) is 0 Å². The van der Waals surface area contributed by atoms with Gasteiger partial charge >= 0.3 is 0 Å². The van der Waals surface area contributed by atoms with Gasteiger partial charge in [-0.1, -0.05) is 23.8 Å². The van der Waals surface area contributed by atoms with Gasteiger partial charge in [-0.05, 0) is 20.0 Å². The van der Waals surface area contributed by atoms with Gasteiger partial charge in [0.15, 0.2) is 5.78 Å². The van der Waals surface area contributed by atoms with Crippen molar-refractivity contribution >= 4 is 11.7 Å². The number of carbonyl (C=O) groups is 2. The van der Waals surface area contributed by atoms with Crippen molar-refractivity contribution in [2.45, 2.75) is 6.92 Å². The van der Waals surface area contributed by atoms with Crippen molar-refractivity contribution in [3.05, 3.63) is 35.4 Å². The summed E-state index contributed by atoms with van der Waals surface area (Å²) in [5.41, 5.74) is 6.75. The third kappa shape index (κ3) is 3.82. The van der Waals surface area contributed by atoms with Crippen LogP contribution in [0.2, 0.25) is 0 Å². The zero-order valence-electron chi connectivity index (χ0n) is 9.56. The lowest BCUT2D eigenvalue weighted by Crippen LogP contribution is -2.34. The molecule has 0 aromatic heterocycles. The van der Waals surface area contributed by atoms with Gasteiger partial charge in [-0.15, -0.1) is 0 Å². The Bertz CT molecular complexity index is 402. The topological polar surface area (TPSA) is 63.4 Å². The van der Waals surface area contributed by atoms with Crippen LogP contribution < -0.4 is 5.73 Å². The largest absolute Gasteiger partial charge is 0.369 e. The molecule has 1 amide bonds. The number of rotatable bonds is 5. The molecule has 0 aliphatic heterocycles. The standard InChI is InChI=1S/C12H16N2O2/c1-9-4-3-5-10(6-9)11(15)7-14(2)8-12(13)16/h3-6H,7-8H2,1-2H3,(H2,13,16). The number of Topliss-reactive ketones (excluding diaryl/α,β-unsaturated/α-hetero) is 1. The summed E-state index contributed by atoms with van der Waals surface area (Å²) in [4.78, 5) is 24.1. The van der Waals surface area contributed by atoms with E-state index in [9.17, 15) is 9.59 Å². The lowest BCUT2D eigenvalue weighted by Gasteiger charge is -2.13. The molecule has 2 N–H and O–H groups in total. The van der Waals surface area contributed by atoms with Crippen LogP contribution in [0.5, 0.6) is 0 Å². The van der Waals surface area contributed by atoms with Crippen molar-refractivity contribution in [3.8, 4) is 0 Å². The van der Waals surface area contributed by atoms with E-state index in [-0.39, 0.29) is 18.9 Å². The van der Waals surface area contributed by atoms with Crippen molar-refractivity contribution in [2.24, 2.45) is 5.73 Å². The average Bonchev–Trinajstić information content (AvgIpc) is 2.16. The number of aryl methyl sites for hydroxylation is 1. The highest BCUT2D eigenvalue weighted by atomic mass is 16.1. The molecule has 0 spiro atoms. The van der Waals surface area contributed by atoms with E-state index in [1.807, 2.05) is 25.1 Å². The SMILES string of the molecule is Cc1cccc(C(=O)CN(C)CC(N)=O)c1. The highest BCUT2D eigenvalue weighted by molar-refractivity contribution is 5.97. The number of ketones is 1. The number of primary amides is 1. The van der Waals surface area contributed by atoms with E-state index in [2.05, 4.69) is 0 Å². The third-order valence-electron chi connectivity index (χ3n) is 2.18. The summed E-state index contributed by atoms with van der Waals surface area (Å²) in [6.07, 6.45) is 0. The van der Waals surface area contributed by atoms with Crippen LogP contribution in [-0.4, -0.2) is 36.7 Å². The highest BCUT2D eigenvalue weighted by Crippen LogP contribution is 2.05. The number of hydrogen-bond donors (Lipinski definition) is 1. The van der Waals surface area contributed by atoms with Crippen molar-refractivity contribution < 1.29 is 9.59 Å². The Morgan fingerprint density at radius 2 is 2.00 bits per heavy atom. The fourth-order valence-corrected chi connectivity index (χ4v) is 1.48. The second kappa shape index (κ2) is 5.42. The van der Waals surface area contributed by atoms with E-state index >= 15 is 0 Å². The van der Waals surface area contributed by atoms with Crippen LogP contribution in [0.1, 0.15) is 15.9 Å². The summed E-state index contributed by atoms with van der Waals surface area (Å²) in [5.74, 6) is -0.438. The van der Waals surface area contributed by atoms with Crippen LogP contribution in [0.4, 0.5) is 0 Å². The summed E-state index contributed by atoms with van der Waals surface area (Å²) < 4.78 is 0. The first-order valence-electron chi connectivity index (χ1n) is 5.06. The fraction of sp³-hybridized carbons (Fsp3) is 0.333. The number of amides is 1. The maximum absolute atomic E-state index is 11.8. The molecule has 16 heavy (non-hydrogen) atoms. The van der Waals surface area contributed by atoms with Gasteiger partial charge in [0.1, 0.15) is 0 Å². The number of likely N-dealkylation sites (N-methyl/N-ethyl adjacent to an activating group) is 1. The summed E-state index contributed by atoms with van der Waals surface area (Å²) in [6, 6.07) is 7.38. The number of carbonyl (C=O) groups excluding carboxylic acids is 2. The van der Waals surface area contributed by atoms with Gasteiger partial charge in [0, 0.05) is 5.56 Å². The maximum atomic E-state index is 11.8. The Morgan fingerprint density at radius 1 is 1.31 bits per heavy atom. The Hall–Kier alpha value is -1.68. The van der Waals surface area contributed by atoms with Crippen molar-refractivity contribution in [1.82, 2.24) is 4.90 Å². The summed E-state index contributed by atoms with van der Waals surface area (Å²) in [7, 11) is 1.69. The Kier molecular flexibility index (Phi) is 4.19. The van der Waals surface area contributed by atoms with E-state index in [4.69, 9.17) is 5.73 Å².